The molecule has 2 rings (SSSR count). The Morgan fingerprint density at radius 2 is 2.00 bits per heavy atom. The summed E-state index contributed by atoms with van der Waals surface area (Å²) < 4.78 is 24.7. The average Bonchev–Trinajstić information content (AvgIpc) is 2.80. The van der Waals surface area contributed by atoms with Gasteiger partial charge in [-0.2, -0.15) is 0 Å². The molecule has 0 aromatic rings. The molecule has 1 aliphatic heterocycles. The number of alkyl halides is 2. The van der Waals surface area contributed by atoms with Gasteiger partial charge in [0.1, 0.15) is 0 Å². The summed E-state index contributed by atoms with van der Waals surface area (Å²) in [5.41, 5.74) is 0. The lowest BCUT2D eigenvalue weighted by Gasteiger charge is -2.25. The Balaban J connectivity index is 1.74. The van der Waals surface area contributed by atoms with Crippen LogP contribution in [-0.4, -0.2) is 43.5 Å². The first-order chi connectivity index (χ1) is 7.24. The first-order valence-corrected chi connectivity index (χ1v) is 5.98. The highest BCUT2D eigenvalue weighted by Crippen LogP contribution is 2.30. The second-order valence-electron chi connectivity index (χ2n) is 4.85. The summed E-state index contributed by atoms with van der Waals surface area (Å²) in [5.74, 6) is 0.699. The molecule has 0 amide bonds. The SMILES string of the molecule is FC(F)CN(CC1CC1)CC1CCCN1. The van der Waals surface area contributed by atoms with Crippen molar-refractivity contribution in [1.29, 1.82) is 0 Å². The first kappa shape index (κ1) is 11.3. The van der Waals surface area contributed by atoms with Crippen LogP contribution in [0.25, 0.3) is 0 Å². The summed E-state index contributed by atoms with van der Waals surface area (Å²) >= 11 is 0. The van der Waals surface area contributed by atoms with Crippen molar-refractivity contribution in [1.82, 2.24) is 10.2 Å². The van der Waals surface area contributed by atoms with E-state index in [0.29, 0.717) is 12.0 Å². The molecule has 0 aromatic heterocycles. The smallest absolute Gasteiger partial charge is 0.251 e. The molecule has 0 radical (unpaired) electrons. The Kier molecular flexibility index (Phi) is 3.92. The zero-order chi connectivity index (χ0) is 10.7. The van der Waals surface area contributed by atoms with Crippen LogP contribution in [0.3, 0.4) is 0 Å². The molecule has 2 fully saturated rings. The molecule has 1 N–H and O–H groups in total. The van der Waals surface area contributed by atoms with Crippen molar-refractivity contribution in [3.63, 3.8) is 0 Å². The Labute approximate surface area is 90.0 Å². The fraction of sp³-hybridized carbons (Fsp3) is 1.00. The summed E-state index contributed by atoms with van der Waals surface area (Å²) in [4.78, 5) is 1.95. The average molecular weight is 218 g/mol. The quantitative estimate of drug-likeness (QED) is 0.730. The van der Waals surface area contributed by atoms with E-state index in [1.807, 2.05) is 4.90 Å². The number of halogens is 2. The second-order valence-corrected chi connectivity index (χ2v) is 4.85. The van der Waals surface area contributed by atoms with Gasteiger partial charge in [0.25, 0.3) is 6.43 Å². The third-order valence-corrected chi connectivity index (χ3v) is 3.25. The number of nitrogens with one attached hydrogen (secondary N) is 1. The standard InChI is InChI=1S/C11H20F2N2/c12-11(13)8-15(6-9-3-4-9)7-10-2-1-5-14-10/h9-11,14H,1-8H2. The van der Waals surface area contributed by atoms with E-state index < -0.39 is 6.43 Å². The highest BCUT2D eigenvalue weighted by atomic mass is 19.3. The number of hydrogen-bond acceptors (Lipinski definition) is 2. The summed E-state index contributed by atoms with van der Waals surface area (Å²) in [6.07, 6.45) is 2.61. The lowest BCUT2D eigenvalue weighted by Crippen LogP contribution is -2.40. The maximum absolute atomic E-state index is 12.4. The molecule has 4 heteroatoms. The predicted molar refractivity (Wildman–Crippen MR) is 56.2 cm³/mol. The Morgan fingerprint density at radius 3 is 2.53 bits per heavy atom. The van der Waals surface area contributed by atoms with Crippen LogP contribution in [0, 0.1) is 5.92 Å². The van der Waals surface area contributed by atoms with Crippen molar-refractivity contribution >= 4 is 0 Å². The van der Waals surface area contributed by atoms with Gasteiger partial charge in [-0.3, -0.25) is 4.90 Å². The van der Waals surface area contributed by atoms with E-state index in [1.54, 1.807) is 0 Å². The van der Waals surface area contributed by atoms with Gasteiger partial charge in [0, 0.05) is 19.1 Å². The van der Waals surface area contributed by atoms with E-state index >= 15 is 0 Å². The van der Waals surface area contributed by atoms with Crippen molar-refractivity contribution in [2.75, 3.05) is 26.2 Å². The molecular formula is C11H20F2N2. The van der Waals surface area contributed by atoms with Gasteiger partial charge in [0.2, 0.25) is 0 Å². The van der Waals surface area contributed by atoms with E-state index in [0.717, 1.165) is 26.1 Å². The lowest BCUT2D eigenvalue weighted by atomic mass is 10.2. The van der Waals surface area contributed by atoms with Gasteiger partial charge in [0.05, 0.1) is 6.54 Å². The van der Waals surface area contributed by atoms with Crippen molar-refractivity contribution in [2.45, 2.75) is 38.2 Å². The minimum atomic E-state index is -2.19. The molecule has 0 spiro atoms. The van der Waals surface area contributed by atoms with Crippen molar-refractivity contribution in [3.8, 4) is 0 Å². The first-order valence-electron chi connectivity index (χ1n) is 5.98. The largest absolute Gasteiger partial charge is 0.313 e. The van der Waals surface area contributed by atoms with E-state index in [-0.39, 0.29) is 6.54 Å². The van der Waals surface area contributed by atoms with Crippen LogP contribution in [0.5, 0.6) is 0 Å². The molecule has 88 valence electrons. The van der Waals surface area contributed by atoms with E-state index in [9.17, 15) is 8.78 Å². The molecule has 1 unspecified atom stereocenters. The molecule has 2 aliphatic rings. The fourth-order valence-electron chi connectivity index (χ4n) is 2.31. The van der Waals surface area contributed by atoms with E-state index in [2.05, 4.69) is 5.32 Å². The maximum atomic E-state index is 12.4. The van der Waals surface area contributed by atoms with Gasteiger partial charge >= 0.3 is 0 Å². The third kappa shape index (κ3) is 4.03. The molecule has 0 aromatic carbocycles. The highest BCUT2D eigenvalue weighted by molar-refractivity contribution is 4.82. The third-order valence-electron chi connectivity index (χ3n) is 3.25. The van der Waals surface area contributed by atoms with Crippen LogP contribution in [0.4, 0.5) is 8.78 Å². The maximum Gasteiger partial charge on any atom is 0.251 e. The van der Waals surface area contributed by atoms with Gasteiger partial charge in [-0.25, -0.2) is 8.78 Å². The zero-order valence-electron chi connectivity index (χ0n) is 9.09. The van der Waals surface area contributed by atoms with Gasteiger partial charge in [0.15, 0.2) is 0 Å². The number of hydrogen-bond donors (Lipinski definition) is 1. The Hall–Kier alpha value is -0.220. The normalized spacial score (nSPS) is 26.8. The van der Waals surface area contributed by atoms with Gasteiger partial charge in [-0.05, 0) is 38.1 Å². The summed E-state index contributed by atoms with van der Waals surface area (Å²) in [7, 11) is 0. The molecule has 15 heavy (non-hydrogen) atoms. The van der Waals surface area contributed by atoms with Crippen LogP contribution < -0.4 is 5.32 Å². The number of rotatable bonds is 6. The second kappa shape index (κ2) is 5.21. The minimum Gasteiger partial charge on any atom is -0.313 e. The molecule has 1 saturated carbocycles. The number of nitrogens with zero attached hydrogens (tertiary/aromatic N) is 1. The van der Waals surface area contributed by atoms with Crippen molar-refractivity contribution in [3.05, 3.63) is 0 Å². The van der Waals surface area contributed by atoms with Crippen molar-refractivity contribution in [2.24, 2.45) is 5.92 Å². The van der Waals surface area contributed by atoms with Crippen LogP contribution in [-0.2, 0) is 0 Å². The summed E-state index contributed by atoms with van der Waals surface area (Å²) in [5, 5.41) is 3.37. The van der Waals surface area contributed by atoms with Crippen LogP contribution in [0.15, 0.2) is 0 Å². The topological polar surface area (TPSA) is 15.3 Å². The van der Waals surface area contributed by atoms with E-state index in [4.69, 9.17) is 0 Å². The lowest BCUT2D eigenvalue weighted by molar-refractivity contribution is 0.0817. The molecular weight excluding hydrogens is 198 g/mol. The summed E-state index contributed by atoms with van der Waals surface area (Å²) in [6, 6.07) is 0.447. The van der Waals surface area contributed by atoms with Gasteiger partial charge in [-0.15, -0.1) is 0 Å². The Bertz CT molecular complexity index is 185. The molecule has 1 atom stereocenters. The molecule has 1 aliphatic carbocycles. The van der Waals surface area contributed by atoms with Crippen LogP contribution in [0.2, 0.25) is 0 Å². The zero-order valence-corrected chi connectivity index (χ0v) is 9.09. The molecule has 2 nitrogen and oxygen atoms in total. The summed E-state index contributed by atoms with van der Waals surface area (Å²) in [6.45, 7) is 2.69. The highest BCUT2D eigenvalue weighted by Gasteiger charge is 2.27. The van der Waals surface area contributed by atoms with Crippen LogP contribution >= 0.6 is 0 Å². The van der Waals surface area contributed by atoms with Gasteiger partial charge < -0.3 is 5.32 Å². The van der Waals surface area contributed by atoms with Crippen molar-refractivity contribution < 1.29 is 8.78 Å². The monoisotopic (exact) mass is 218 g/mol. The molecule has 1 saturated heterocycles. The fourth-order valence-corrected chi connectivity index (χ4v) is 2.31. The van der Waals surface area contributed by atoms with Gasteiger partial charge in [-0.1, -0.05) is 0 Å². The molecule has 1 heterocycles. The predicted octanol–water partition coefficient (Wildman–Crippen LogP) is 1.72. The van der Waals surface area contributed by atoms with E-state index in [1.165, 1.54) is 19.3 Å². The minimum absolute atomic E-state index is 0.0469. The Morgan fingerprint density at radius 1 is 1.20 bits per heavy atom. The van der Waals surface area contributed by atoms with Crippen LogP contribution in [0.1, 0.15) is 25.7 Å². The molecule has 0 bridgehead atoms.